The lowest BCUT2D eigenvalue weighted by atomic mass is 10.1. The SMILES string of the molecule is Fc1cccc(F)c1-c1[c]c(Cl)ncc1. The van der Waals surface area contributed by atoms with Crippen molar-refractivity contribution in [2.45, 2.75) is 0 Å². The van der Waals surface area contributed by atoms with E-state index in [2.05, 4.69) is 11.1 Å². The van der Waals surface area contributed by atoms with Crippen LogP contribution in [0.3, 0.4) is 0 Å². The molecule has 1 nitrogen and oxygen atoms in total. The van der Waals surface area contributed by atoms with E-state index in [1.165, 1.54) is 30.5 Å². The number of hydrogen-bond acceptors (Lipinski definition) is 1. The second kappa shape index (κ2) is 3.95. The lowest BCUT2D eigenvalue weighted by Crippen LogP contribution is -1.90. The van der Waals surface area contributed by atoms with Crippen LogP contribution < -0.4 is 0 Å². The number of rotatable bonds is 1. The van der Waals surface area contributed by atoms with E-state index in [4.69, 9.17) is 11.6 Å². The molecule has 75 valence electrons. The first-order valence-corrected chi connectivity index (χ1v) is 4.54. The molecule has 1 radical (unpaired) electrons. The van der Waals surface area contributed by atoms with Crippen LogP contribution in [0.5, 0.6) is 0 Å². The quantitative estimate of drug-likeness (QED) is 0.676. The van der Waals surface area contributed by atoms with Gasteiger partial charge in [0.15, 0.2) is 0 Å². The van der Waals surface area contributed by atoms with Crippen molar-refractivity contribution in [3.05, 3.63) is 53.3 Å². The minimum absolute atomic E-state index is 0.0788. The van der Waals surface area contributed by atoms with Crippen LogP contribution in [0.15, 0.2) is 30.5 Å². The highest BCUT2D eigenvalue weighted by molar-refractivity contribution is 6.29. The Balaban J connectivity index is 2.63. The first-order valence-electron chi connectivity index (χ1n) is 4.16. The van der Waals surface area contributed by atoms with E-state index in [-0.39, 0.29) is 16.3 Å². The van der Waals surface area contributed by atoms with Crippen LogP contribution in [0.2, 0.25) is 5.15 Å². The van der Waals surface area contributed by atoms with Crippen molar-refractivity contribution in [1.82, 2.24) is 4.98 Å². The first kappa shape index (κ1) is 10.1. The zero-order valence-corrected chi connectivity index (χ0v) is 8.22. The summed E-state index contributed by atoms with van der Waals surface area (Å²) in [7, 11) is 0. The molecule has 1 heterocycles. The minimum Gasteiger partial charge on any atom is -0.244 e. The number of pyridine rings is 1. The summed E-state index contributed by atoms with van der Waals surface area (Å²) in [4.78, 5) is 3.69. The zero-order valence-electron chi connectivity index (χ0n) is 7.47. The van der Waals surface area contributed by atoms with E-state index in [1.807, 2.05) is 0 Å². The fourth-order valence-electron chi connectivity index (χ4n) is 1.26. The number of aromatic nitrogens is 1. The van der Waals surface area contributed by atoms with Gasteiger partial charge in [-0.25, -0.2) is 13.8 Å². The maximum absolute atomic E-state index is 13.3. The Morgan fingerprint density at radius 1 is 1.13 bits per heavy atom. The third kappa shape index (κ3) is 1.97. The lowest BCUT2D eigenvalue weighted by molar-refractivity contribution is 0.589. The smallest absolute Gasteiger partial charge is 0.137 e. The van der Waals surface area contributed by atoms with Crippen LogP contribution in [0.1, 0.15) is 0 Å². The largest absolute Gasteiger partial charge is 0.244 e. The van der Waals surface area contributed by atoms with Crippen LogP contribution >= 0.6 is 11.6 Å². The van der Waals surface area contributed by atoms with Gasteiger partial charge in [-0.2, -0.15) is 0 Å². The molecule has 0 unspecified atom stereocenters. The third-order valence-electron chi connectivity index (χ3n) is 1.90. The molecule has 0 saturated carbocycles. The normalized spacial score (nSPS) is 10.3. The number of halogens is 3. The summed E-state index contributed by atoms with van der Waals surface area (Å²) in [5, 5.41) is 0.0788. The molecule has 0 aliphatic rings. The maximum atomic E-state index is 13.3. The molecule has 0 saturated heterocycles. The second-order valence-electron chi connectivity index (χ2n) is 2.87. The van der Waals surface area contributed by atoms with Gasteiger partial charge in [-0.05, 0) is 18.2 Å². The average molecular weight is 225 g/mol. The van der Waals surface area contributed by atoms with Gasteiger partial charge in [-0.15, -0.1) is 0 Å². The van der Waals surface area contributed by atoms with Crippen LogP contribution in [-0.2, 0) is 0 Å². The topological polar surface area (TPSA) is 12.9 Å². The Hall–Kier alpha value is -1.48. The van der Waals surface area contributed by atoms with Crippen LogP contribution in [0.25, 0.3) is 11.1 Å². The fraction of sp³-hybridized carbons (Fsp3) is 0. The predicted octanol–water partition coefficient (Wildman–Crippen LogP) is 3.48. The molecule has 0 atom stereocenters. The van der Waals surface area contributed by atoms with Crippen molar-refractivity contribution in [3.8, 4) is 11.1 Å². The number of benzene rings is 1. The summed E-state index contributed by atoms with van der Waals surface area (Å²) in [5.41, 5.74) is 0.118. The van der Waals surface area contributed by atoms with Gasteiger partial charge in [-0.1, -0.05) is 17.7 Å². The summed E-state index contributed by atoms with van der Waals surface area (Å²) in [6.45, 7) is 0. The Morgan fingerprint density at radius 3 is 2.40 bits per heavy atom. The van der Waals surface area contributed by atoms with Crippen LogP contribution in [-0.4, -0.2) is 4.98 Å². The summed E-state index contributed by atoms with van der Waals surface area (Å²) in [5.74, 6) is -1.29. The predicted molar refractivity (Wildman–Crippen MR) is 53.4 cm³/mol. The van der Waals surface area contributed by atoms with Crippen molar-refractivity contribution in [2.24, 2.45) is 0 Å². The molecule has 1 aromatic heterocycles. The highest BCUT2D eigenvalue weighted by Crippen LogP contribution is 2.26. The standard InChI is InChI=1S/C11H5ClF2N/c12-10-6-7(4-5-15-10)11-8(13)2-1-3-9(11)14/h1-5H. The first-order chi connectivity index (χ1) is 7.18. The van der Waals surface area contributed by atoms with E-state index in [0.29, 0.717) is 0 Å². The summed E-state index contributed by atoms with van der Waals surface area (Å²) in [6.07, 6.45) is 1.38. The summed E-state index contributed by atoms with van der Waals surface area (Å²) >= 11 is 5.59. The van der Waals surface area contributed by atoms with E-state index >= 15 is 0 Å². The molecule has 2 aromatic rings. The second-order valence-corrected chi connectivity index (χ2v) is 3.23. The van der Waals surface area contributed by atoms with Crippen molar-refractivity contribution in [2.75, 3.05) is 0 Å². The van der Waals surface area contributed by atoms with E-state index in [1.54, 1.807) is 0 Å². The maximum Gasteiger partial charge on any atom is 0.137 e. The van der Waals surface area contributed by atoms with Gasteiger partial charge in [-0.3, -0.25) is 0 Å². The zero-order chi connectivity index (χ0) is 10.8. The molecule has 0 spiro atoms. The highest BCUT2D eigenvalue weighted by atomic mass is 35.5. The lowest BCUT2D eigenvalue weighted by Gasteiger charge is -2.04. The molecule has 0 amide bonds. The minimum atomic E-state index is -0.645. The Kier molecular flexibility index (Phi) is 2.64. The van der Waals surface area contributed by atoms with Crippen molar-refractivity contribution in [1.29, 1.82) is 0 Å². The van der Waals surface area contributed by atoms with Gasteiger partial charge < -0.3 is 0 Å². The molecule has 0 N–H and O–H groups in total. The van der Waals surface area contributed by atoms with Crippen molar-refractivity contribution < 1.29 is 8.78 Å². The molecule has 2 rings (SSSR count). The van der Waals surface area contributed by atoms with E-state index < -0.39 is 11.6 Å². The molecule has 15 heavy (non-hydrogen) atoms. The van der Waals surface area contributed by atoms with Gasteiger partial charge in [0.2, 0.25) is 0 Å². The van der Waals surface area contributed by atoms with E-state index in [9.17, 15) is 8.78 Å². The van der Waals surface area contributed by atoms with Gasteiger partial charge in [0.05, 0.1) is 5.56 Å². The molecule has 0 fully saturated rings. The van der Waals surface area contributed by atoms with Crippen LogP contribution in [0.4, 0.5) is 8.78 Å². The van der Waals surface area contributed by atoms with Crippen LogP contribution in [0, 0.1) is 17.7 Å². The molecule has 4 heteroatoms. The van der Waals surface area contributed by atoms with Crippen molar-refractivity contribution in [3.63, 3.8) is 0 Å². The average Bonchev–Trinajstić information content (AvgIpc) is 2.17. The molecular weight excluding hydrogens is 220 g/mol. The summed E-state index contributed by atoms with van der Waals surface area (Å²) < 4.78 is 26.7. The fourth-order valence-corrected chi connectivity index (χ4v) is 1.42. The van der Waals surface area contributed by atoms with Gasteiger partial charge in [0.25, 0.3) is 0 Å². The monoisotopic (exact) mass is 224 g/mol. The van der Waals surface area contributed by atoms with Crippen molar-refractivity contribution >= 4 is 11.6 Å². The highest BCUT2D eigenvalue weighted by Gasteiger charge is 2.11. The van der Waals surface area contributed by atoms with E-state index in [0.717, 1.165) is 0 Å². The number of hydrogen-bond donors (Lipinski definition) is 0. The van der Waals surface area contributed by atoms with Gasteiger partial charge in [0.1, 0.15) is 16.8 Å². The number of nitrogens with zero attached hydrogens (tertiary/aromatic N) is 1. The summed E-state index contributed by atoms with van der Waals surface area (Å²) in [6, 6.07) is 7.70. The molecule has 0 aliphatic heterocycles. The molecule has 0 bridgehead atoms. The van der Waals surface area contributed by atoms with Gasteiger partial charge in [0, 0.05) is 17.8 Å². The molecule has 1 aromatic carbocycles. The Morgan fingerprint density at radius 2 is 1.80 bits per heavy atom. The Bertz CT molecular complexity index is 479. The molecule has 0 aliphatic carbocycles. The third-order valence-corrected chi connectivity index (χ3v) is 2.09. The Labute approximate surface area is 90.3 Å². The van der Waals surface area contributed by atoms with Gasteiger partial charge >= 0.3 is 0 Å². The molecular formula is C11H5ClF2N.